The van der Waals surface area contributed by atoms with Crippen LogP contribution in [0.1, 0.15) is 22.0 Å². The Hall–Kier alpha value is -2.93. The van der Waals surface area contributed by atoms with E-state index in [9.17, 15) is 20.0 Å². The minimum absolute atomic E-state index is 0.0785. The lowest BCUT2D eigenvalue weighted by Gasteiger charge is -2.10. The first-order valence-corrected chi connectivity index (χ1v) is 5.94. The Kier molecular flexibility index (Phi) is 4.47. The van der Waals surface area contributed by atoms with Crippen molar-refractivity contribution in [3.05, 3.63) is 75.8 Å². The molecular formula is C14H11NO6. The third-order valence-electron chi connectivity index (χ3n) is 2.70. The number of carbonyl (C=O) groups is 1. The monoisotopic (exact) mass is 289 g/mol. The van der Waals surface area contributed by atoms with Gasteiger partial charge in [0.2, 0.25) is 0 Å². The molecule has 1 unspecified atom stereocenters. The van der Waals surface area contributed by atoms with Crippen molar-refractivity contribution in [2.75, 3.05) is 0 Å². The van der Waals surface area contributed by atoms with Gasteiger partial charge in [0.25, 0.3) is 0 Å². The zero-order chi connectivity index (χ0) is 15.2. The van der Waals surface area contributed by atoms with Crippen molar-refractivity contribution in [1.29, 1.82) is 0 Å². The summed E-state index contributed by atoms with van der Waals surface area (Å²) in [5.41, 5.74) is 0.735. The lowest BCUT2D eigenvalue weighted by Crippen LogP contribution is -2.12. The van der Waals surface area contributed by atoms with Crippen LogP contribution in [0.4, 0.5) is 0 Å². The molecule has 1 N–H and O–H groups in total. The van der Waals surface area contributed by atoms with E-state index in [-0.39, 0.29) is 5.75 Å². The van der Waals surface area contributed by atoms with Crippen LogP contribution >= 0.6 is 0 Å². The van der Waals surface area contributed by atoms with E-state index in [0.717, 1.165) is 0 Å². The molecule has 0 spiro atoms. The molecular weight excluding hydrogens is 278 g/mol. The molecule has 2 aromatic carbocycles. The maximum Gasteiger partial charge on any atom is 0.331 e. The minimum Gasteiger partial charge on any atom is -0.380 e. The number of hydrogen-bond donors (Lipinski definition) is 1. The van der Waals surface area contributed by atoms with Crippen LogP contribution in [0.15, 0.2) is 54.6 Å². The molecule has 0 aliphatic carbocycles. The smallest absolute Gasteiger partial charge is 0.331 e. The van der Waals surface area contributed by atoms with Crippen molar-refractivity contribution in [3.8, 4) is 5.75 Å². The first-order chi connectivity index (χ1) is 10.1. The Labute approximate surface area is 119 Å². The summed E-state index contributed by atoms with van der Waals surface area (Å²) in [5.74, 6) is -0.361. The van der Waals surface area contributed by atoms with E-state index in [0.29, 0.717) is 11.1 Å². The van der Waals surface area contributed by atoms with E-state index in [1.807, 2.05) is 0 Å². The van der Waals surface area contributed by atoms with Crippen molar-refractivity contribution in [3.63, 3.8) is 0 Å². The number of Topliss-reactive ketones (excluding diaryl/α,β-unsaturated/α-hetero) is 1. The van der Waals surface area contributed by atoms with Gasteiger partial charge in [0.1, 0.15) is 6.10 Å². The zero-order valence-electron chi connectivity index (χ0n) is 10.7. The van der Waals surface area contributed by atoms with Gasteiger partial charge in [0.05, 0.1) is 0 Å². The molecule has 0 aliphatic rings. The van der Waals surface area contributed by atoms with Crippen LogP contribution in [-0.4, -0.2) is 16.0 Å². The molecule has 0 heterocycles. The first kappa shape index (κ1) is 14.5. The summed E-state index contributed by atoms with van der Waals surface area (Å²) in [5, 5.41) is 18.9. The minimum atomic E-state index is -1.32. The molecule has 108 valence electrons. The molecule has 0 fully saturated rings. The van der Waals surface area contributed by atoms with Crippen LogP contribution < -0.4 is 4.89 Å². The van der Waals surface area contributed by atoms with Crippen molar-refractivity contribution >= 4 is 5.78 Å². The summed E-state index contributed by atoms with van der Waals surface area (Å²) in [4.78, 5) is 30.1. The van der Waals surface area contributed by atoms with Gasteiger partial charge in [0, 0.05) is 5.56 Å². The van der Waals surface area contributed by atoms with Gasteiger partial charge >= 0.3 is 5.09 Å². The average Bonchev–Trinajstić information content (AvgIpc) is 2.53. The summed E-state index contributed by atoms with van der Waals surface area (Å²) in [6.45, 7) is 0. The molecule has 0 amide bonds. The Morgan fingerprint density at radius 1 is 1.10 bits per heavy atom. The predicted octanol–water partition coefficient (Wildman–Crippen LogP) is 2.10. The number of hydrogen-bond acceptors (Lipinski definition) is 6. The summed E-state index contributed by atoms with van der Waals surface area (Å²) in [6, 6.07) is 13.9. The fraction of sp³-hybridized carbons (Fsp3) is 0.0714. The number of aliphatic hydroxyl groups excluding tert-OH is 1. The Bertz CT molecular complexity index is 626. The van der Waals surface area contributed by atoms with Crippen LogP contribution in [0.2, 0.25) is 0 Å². The fourth-order valence-electron chi connectivity index (χ4n) is 1.69. The van der Waals surface area contributed by atoms with Gasteiger partial charge in [-0.2, -0.15) is 0 Å². The standard InChI is InChI=1S/C14H11NO6/c16-13(10-4-2-1-3-5-10)14(17)11-6-8-12(9-7-11)20-21-15(18)19/h1-9,14,17H. The van der Waals surface area contributed by atoms with E-state index < -0.39 is 17.0 Å². The molecule has 0 radical (unpaired) electrons. The highest BCUT2D eigenvalue weighted by molar-refractivity contribution is 5.99. The summed E-state index contributed by atoms with van der Waals surface area (Å²) in [7, 11) is 0. The molecule has 7 nitrogen and oxygen atoms in total. The van der Waals surface area contributed by atoms with E-state index in [2.05, 4.69) is 9.88 Å². The van der Waals surface area contributed by atoms with Crippen molar-refractivity contribution in [1.82, 2.24) is 0 Å². The number of benzene rings is 2. The average molecular weight is 289 g/mol. The van der Waals surface area contributed by atoms with Crippen LogP contribution in [0.3, 0.4) is 0 Å². The lowest BCUT2D eigenvalue weighted by molar-refractivity contribution is -0.832. The first-order valence-electron chi connectivity index (χ1n) is 5.94. The van der Waals surface area contributed by atoms with Gasteiger partial charge in [-0.3, -0.25) is 4.79 Å². The zero-order valence-corrected chi connectivity index (χ0v) is 10.7. The van der Waals surface area contributed by atoms with Gasteiger partial charge in [-0.1, -0.05) is 47.5 Å². The molecule has 0 saturated carbocycles. The van der Waals surface area contributed by atoms with Crippen LogP contribution in [0.25, 0.3) is 0 Å². The molecule has 0 bridgehead atoms. The highest BCUT2D eigenvalue weighted by Gasteiger charge is 2.18. The molecule has 7 heteroatoms. The Balaban J connectivity index is 2.07. The lowest BCUT2D eigenvalue weighted by atomic mass is 10.00. The van der Waals surface area contributed by atoms with Crippen molar-refractivity contribution in [2.45, 2.75) is 6.10 Å². The van der Waals surface area contributed by atoms with Crippen molar-refractivity contribution < 1.29 is 24.9 Å². The molecule has 0 aromatic heterocycles. The summed E-state index contributed by atoms with van der Waals surface area (Å²) >= 11 is 0. The Morgan fingerprint density at radius 3 is 2.29 bits per heavy atom. The number of aliphatic hydroxyl groups is 1. The maximum atomic E-state index is 12.0. The van der Waals surface area contributed by atoms with Crippen molar-refractivity contribution in [2.24, 2.45) is 0 Å². The van der Waals surface area contributed by atoms with Crippen LogP contribution in [0.5, 0.6) is 5.75 Å². The molecule has 0 aliphatic heterocycles. The molecule has 2 rings (SSSR count). The van der Waals surface area contributed by atoms with Gasteiger partial charge in [0.15, 0.2) is 11.5 Å². The second-order valence-electron chi connectivity index (χ2n) is 4.08. The van der Waals surface area contributed by atoms with Crippen LogP contribution in [-0.2, 0) is 4.99 Å². The fourth-order valence-corrected chi connectivity index (χ4v) is 1.69. The number of ketones is 1. The maximum absolute atomic E-state index is 12.0. The predicted molar refractivity (Wildman–Crippen MR) is 70.9 cm³/mol. The van der Waals surface area contributed by atoms with Crippen LogP contribution in [0, 0.1) is 10.1 Å². The third kappa shape index (κ3) is 3.77. The van der Waals surface area contributed by atoms with E-state index in [4.69, 9.17) is 0 Å². The third-order valence-corrected chi connectivity index (χ3v) is 2.70. The molecule has 1 atom stereocenters. The van der Waals surface area contributed by atoms with E-state index in [1.165, 1.54) is 24.3 Å². The summed E-state index contributed by atoms with van der Waals surface area (Å²) < 4.78 is 0. The highest BCUT2D eigenvalue weighted by atomic mass is 17.3. The summed E-state index contributed by atoms with van der Waals surface area (Å²) in [6.07, 6.45) is -1.32. The number of nitrogens with zero attached hydrogens (tertiary/aromatic N) is 1. The van der Waals surface area contributed by atoms with E-state index >= 15 is 0 Å². The topological polar surface area (TPSA) is 98.9 Å². The second-order valence-corrected chi connectivity index (χ2v) is 4.08. The number of rotatable bonds is 6. The molecule has 21 heavy (non-hydrogen) atoms. The normalized spacial score (nSPS) is 11.5. The molecule has 0 saturated heterocycles. The van der Waals surface area contributed by atoms with Gasteiger partial charge in [-0.25, -0.2) is 0 Å². The second kappa shape index (κ2) is 6.49. The SMILES string of the molecule is O=C(c1ccccc1)C(O)c1ccc(OO[N+](=O)[O-])cc1. The quantitative estimate of drug-likeness (QED) is 0.378. The Morgan fingerprint density at radius 2 is 1.71 bits per heavy atom. The van der Waals surface area contributed by atoms with Gasteiger partial charge in [-0.05, 0) is 17.7 Å². The van der Waals surface area contributed by atoms with Gasteiger partial charge in [-0.15, -0.1) is 10.1 Å². The van der Waals surface area contributed by atoms with E-state index in [1.54, 1.807) is 30.3 Å². The molecule has 2 aromatic rings. The largest absolute Gasteiger partial charge is 0.380 e. The van der Waals surface area contributed by atoms with Gasteiger partial charge < -0.3 is 9.99 Å². The highest BCUT2D eigenvalue weighted by Crippen LogP contribution is 2.21. The number of carbonyl (C=O) groups excluding carboxylic acids is 1.